The smallest absolute Gasteiger partial charge is 0.337 e. The van der Waals surface area contributed by atoms with E-state index in [1.54, 1.807) is 19.0 Å². The van der Waals surface area contributed by atoms with Crippen molar-refractivity contribution in [2.45, 2.75) is 0 Å². The minimum absolute atomic E-state index is 0.0636. The van der Waals surface area contributed by atoms with Gasteiger partial charge in [0, 0.05) is 20.2 Å². The Bertz CT molecular complexity index is 334. The third-order valence-corrected chi connectivity index (χ3v) is 1.69. The highest BCUT2D eigenvalue weighted by Gasteiger charge is 2.11. The van der Waals surface area contributed by atoms with Gasteiger partial charge in [-0.3, -0.25) is 0 Å². The fraction of sp³-hybridized carbons (Fsp3) is 0.222. The first kappa shape index (κ1) is 9.38. The number of aromatic carboxylic acids is 1. The Morgan fingerprint density at radius 2 is 2.00 bits per heavy atom. The van der Waals surface area contributed by atoms with Gasteiger partial charge in [-0.1, -0.05) is 0 Å². The van der Waals surface area contributed by atoms with Crippen LogP contribution in [0.3, 0.4) is 0 Å². The Labute approximate surface area is 76.0 Å². The number of benzene rings is 1. The Hall–Kier alpha value is -1.71. The van der Waals surface area contributed by atoms with Gasteiger partial charge in [0.05, 0.1) is 11.3 Å². The average Bonchev–Trinajstić information content (AvgIpc) is 2.03. The summed E-state index contributed by atoms with van der Waals surface area (Å²) in [6.45, 7) is 0. The van der Waals surface area contributed by atoms with Gasteiger partial charge in [0.15, 0.2) is 0 Å². The van der Waals surface area contributed by atoms with Gasteiger partial charge in [-0.05, 0) is 12.1 Å². The van der Waals surface area contributed by atoms with Crippen molar-refractivity contribution in [1.82, 2.24) is 0 Å². The van der Waals surface area contributed by atoms with Crippen molar-refractivity contribution in [2.24, 2.45) is 0 Å². The highest BCUT2D eigenvalue weighted by molar-refractivity contribution is 5.94. The van der Waals surface area contributed by atoms with Crippen LogP contribution >= 0.6 is 0 Å². The molecule has 0 atom stereocenters. The second-order valence-electron chi connectivity index (χ2n) is 2.90. The number of phenols is 1. The number of nitrogens with zero attached hydrogens (tertiary/aromatic N) is 1. The molecule has 0 unspecified atom stereocenters. The normalized spacial score (nSPS) is 9.69. The lowest BCUT2D eigenvalue weighted by molar-refractivity contribution is 0.0697. The minimum atomic E-state index is -0.997. The molecule has 70 valence electrons. The SMILES string of the molecule is CN(C)c1cc(O)ccc1C(=O)O. The van der Waals surface area contributed by atoms with E-state index in [2.05, 4.69) is 0 Å². The molecule has 1 rings (SSSR count). The van der Waals surface area contributed by atoms with Crippen LogP contribution in [-0.4, -0.2) is 30.3 Å². The Morgan fingerprint density at radius 3 is 2.46 bits per heavy atom. The minimum Gasteiger partial charge on any atom is -0.508 e. The van der Waals surface area contributed by atoms with E-state index in [1.165, 1.54) is 18.2 Å². The maximum absolute atomic E-state index is 10.7. The predicted molar refractivity (Wildman–Crippen MR) is 49.4 cm³/mol. The molecule has 0 aliphatic carbocycles. The molecule has 0 amide bonds. The van der Waals surface area contributed by atoms with Crippen molar-refractivity contribution in [2.75, 3.05) is 19.0 Å². The molecule has 2 N–H and O–H groups in total. The average molecular weight is 181 g/mol. The van der Waals surface area contributed by atoms with Crippen LogP contribution in [0.25, 0.3) is 0 Å². The monoisotopic (exact) mass is 181 g/mol. The van der Waals surface area contributed by atoms with Crippen molar-refractivity contribution >= 4 is 11.7 Å². The summed E-state index contributed by atoms with van der Waals surface area (Å²) in [7, 11) is 3.45. The number of anilines is 1. The van der Waals surface area contributed by atoms with E-state index in [0.717, 1.165) is 0 Å². The van der Waals surface area contributed by atoms with Crippen molar-refractivity contribution in [3.63, 3.8) is 0 Å². The van der Waals surface area contributed by atoms with Crippen LogP contribution in [0.4, 0.5) is 5.69 Å². The van der Waals surface area contributed by atoms with Gasteiger partial charge >= 0.3 is 5.97 Å². The fourth-order valence-corrected chi connectivity index (χ4v) is 1.07. The molecule has 0 saturated carbocycles. The highest BCUT2D eigenvalue weighted by Crippen LogP contribution is 2.23. The zero-order valence-corrected chi connectivity index (χ0v) is 7.48. The third-order valence-electron chi connectivity index (χ3n) is 1.69. The molecule has 0 fully saturated rings. The maximum Gasteiger partial charge on any atom is 0.337 e. The maximum atomic E-state index is 10.7. The molecule has 13 heavy (non-hydrogen) atoms. The summed E-state index contributed by atoms with van der Waals surface area (Å²) >= 11 is 0. The van der Waals surface area contributed by atoms with E-state index >= 15 is 0 Å². The molecule has 0 bridgehead atoms. The highest BCUT2D eigenvalue weighted by atomic mass is 16.4. The van der Waals surface area contributed by atoms with Gasteiger partial charge < -0.3 is 15.1 Å². The van der Waals surface area contributed by atoms with Crippen LogP contribution in [0.1, 0.15) is 10.4 Å². The van der Waals surface area contributed by atoms with Crippen molar-refractivity contribution in [3.05, 3.63) is 23.8 Å². The Morgan fingerprint density at radius 1 is 1.38 bits per heavy atom. The molecule has 1 aromatic carbocycles. The molecule has 1 aromatic rings. The summed E-state index contributed by atoms with van der Waals surface area (Å²) in [4.78, 5) is 12.4. The van der Waals surface area contributed by atoms with Gasteiger partial charge in [0.1, 0.15) is 5.75 Å². The second kappa shape index (κ2) is 3.35. The summed E-state index contributed by atoms with van der Waals surface area (Å²) in [6, 6.07) is 4.16. The first-order valence-corrected chi connectivity index (χ1v) is 3.76. The lowest BCUT2D eigenvalue weighted by Gasteiger charge is -2.15. The first-order valence-electron chi connectivity index (χ1n) is 3.76. The molecule has 0 saturated heterocycles. The van der Waals surface area contributed by atoms with Gasteiger partial charge in [-0.25, -0.2) is 4.79 Å². The molecular weight excluding hydrogens is 170 g/mol. The Kier molecular flexibility index (Phi) is 2.41. The van der Waals surface area contributed by atoms with E-state index in [0.29, 0.717) is 5.69 Å². The molecule has 4 nitrogen and oxygen atoms in total. The van der Waals surface area contributed by atoms with E-state index in [9.17, 15) is 4.79 Å². The summed E-state index contributed by atoms with van der Waals surface area (Å²) in [5.41, 5.74) is 0.676. The Balaban J connectivity index is 3.26. The van der Waals surface area contributed by atoms with Crippen LogP contribution in [0.15, 0.2) is 18.2 Å². The van der Waals surface area contributed by atoms with Crippen LogP contribution in [0, 0.1) is 0 Å². The lowest BCUT2D eigenvalue weighted by atomic mass is 10.1. The number of hydrogen-bond acceptors (Lipinski definition) is 3. The van der Waals surface area contributed by atoms with E-state index in [-0.39, 0.29) is 11.3 Å². The first-order chi connectivity index (χ1) is 6.02. The number of rotatable bonds is 2. The molecule has 0 aliphatic rings. The zero-order chi connectivity index (χ0) is 10.0. The number of carbonyl (C=O) groups is 1. The van der Waals surface area contributed by atoms with E-state index in [4.69, 9.17) is 10.2 Å². The molecule has 0 aliphatic heterocycles. The van der Waals surface area contributed by atoms with Crippen molar-refractivity contribution in [1.29, 1.82) is 0 Å². The largest absolute Gasteiger partial charge is 0.508 e. The molecule has 0 aromatic heterocycles. The van der Waals surface area contributed by atoms with Gasteiger partial charge in [0.25, 0.3) is 0 Å². The molecule has 0 radical (unpaired) electrons. The van der Waals surface area contributed by atoms with Gasteiger partial charge in [-0.2, -0.15) is 0 Å². The van der Waals surface area contributed by atoms with Crippen LogP contribution in [0.5, 0.6) is 5.75 Å². The number of carboxylic acid groups (broad SMARTS) is 1. The summed E-state index contributed by atoms with van der Waals surface area (Å²) in [5, 5.41) is 17.9. The summed E-state index contributed by atoms with van der Waals surface area (Å²) in [6.07, 6.45) is 0. The summed E-state index contributed by atoms with van der Waals surface area (Å²) < 4.78 is 0. The predicted octanol–water partition coefficient (Wildman–Crippen LogP) is 1.16. The summed E-state index contributed by atoms with van der Waals surface area (Å²) in [5.74, 6) is -0.933. The number of aromatic hydroxyl groups is 1. The van der Waals surface area contributed by atoms with Crippen LogP contribution in [-0.2, 0) is 0 Å². The molecule has 0 spiro atoms. The molecular formula is C9H11NO3. The molecule has 0 heterocycles. The second-order valence-corrected chi connectivity index (χ2v) is 2.90. The fourth-order valence-electron chi connectivity index (χ4n) is 1.07. The van der Waals surface area contributed by atoms with Crippen LogP contribution in [0.2, 0.25) is 0 Å². The quantitative estimate of drug-likeness (QED) is 0.718. The van der Waals surface area contributed by atoms with Crippen molar-refractivity contribution in [3.8, 4) is 5.75 Å². The van der Waals surface area contributed by atoms with Gasteiger partial charge in [0.2, 0.25) is 0 Å². The third kappa shape index (κ3) is 1.90. The van der Waals surface area contributed by atoms with E-state index in [1.807, 2.05) is 0 Å². The lowest BCUT2D eigenvalue weighted by Crippen LogP contribution is -2.13. The zero-order valence-electron chi connectivity index (χ0n) is 7.48. The number of carboxylic acids is 1. The van der Waals surface area contributed by atoms with Crippen molar-refractivity contribution < 1.29 is 15.0 Å². The number of hydrogen-bond donors (Lipinski definition) is 2. The standard InChI is InChI=1S/C9H11NO3/c1-10(2)8-5-6(11)3-4-7(8)9(12)13/h3-5,11H,1-2H3,(H,12,13). The molecule has 4 heteroatoms. The topological polar surface area (TPSA) is 60.8 Å². The van der Waals surface area contributed by atoms with Crippen LogP contribution < -0.4 is 4.90 Å². The number of phenolic OH excluding ortho intramolecular Hbond substituents is 1. The van der Waals surface area contributed by atoms with Gasteiger partial charge in [-0.15, -0.1) is 0 Å². The van der Waals surface area contributed by atoms with E-state index < -0.39 is 5.97 Å².